The Hall–Kier alpha value is -1.59. The van der Waals surface area contributed by atoms with Crippen molar-refractivity contribution in [2.75, 3.05) is 7.11 Å². The lowest BCUT2D eigenvalue weighted by atomic mass is 9.71. The minimum Gasteiger partial charge on any atom is -0.469 e. The van der Waals surface area contributed by atoms with Crippen LogP contribution in [0.4, 0.5) is 4.79 Å². The number of carbonyl (C=O) groups excluding carboxylic acids is 3. The van der Waals surface area contributed by atoms with Crippen molar-refractivity contribution in [3.8, 4) is 0 Å². The first-order valence-electron chi connectivity index (χ1n) is 8.17. The SMILES string of the molecule is COC(=O)C1(CC(C)=O)C[C@H]2CC[C@@H](C1)N2C(=O)OC(C)(C)C. The van der Waals surface area contributed by atoms with Gasteiger partial charge in [0.15, 0.2) is 0 Å². The van der Waals surface area contributed by atoms with E-state index in [1.807, 2.05) is 20.8 Å². The molecule has 0 spiro atoms. The molecule has 6 heteroatoms. The zero-order valence-corrected chi connectivity index (χ0v) is 14.7. The summed E-state index contributed by atoms with van der Waals surface area (Å²) in [6, 6.07) is -0.135. The second-order valence-corrected chi connectivity index (χ2v) is 7.83. The first-order valence-corrected chi connectivity index (χ1v) is 8.17. The second-order valence-electron chi connectivity index (χ2n) is 7.83. The summed E-state index contributed by atoms with van der Waals surface area (Å²) < 4.78 is 10.5. The van der Waals surface area contributed by atoms with Gasteiger partial charge in [0.2, 0.25) is 0 Å². The Bertz CT molecular complexity index is 494. The number of methoxy groups -OCH3 is 1. The molecular weight excluding hydrogens is 298 g/mol. The van der Waals surface area contributed by atoms with E-state index in [0.717, 1.165) is 12.8 Å². The molecule has 2 saturated heterocycles. The largest absolute Gasteiger partial charge is 0.469 e. The van der Waals surface area contributed by atoms with E-state index >= 15 is 0 Å². The van der Waals surface area contributed by atoms with E-state index in [0.29, 0.717) is 12.8 Å². The summed E-state index contributed by atoms with van der Waals surface area (Å²) in [5, 5.41) is 0. The molecule has 6 nitrogen and oxygen atoms in total. The molecular formula is C17H27NO5. The fourth-order valence-electron chi connectivity index (χ4n) is 4.04. The van der Waals surface area contributed by atoms with Crippen LogP contribution in [0.2, 0.25) is 0 Å². The molecule has 0 aromatic carbocycles. The number of ether oxygens (including phenoxy) is 2. The Morgan fingerprint density at radius 2 is 1.65 bits per heavy atom. The van der Waals surface area contributed by atoms with Gasteiger partial charge >= 0.3 is 12.1 Å². The normalized spacial score (nSPS) is 30.0. The maximum Gasteiger partial charge on any atom is 0.410 e. The van der Waals surface area contributed by atoms with E-state index in [1.54, 1.807) is 4.90 Å². The highest BCUT2D eigenvalue weighted by Crippen LogP contribution is 2.48. The number of rotatable bonds is 3. The molecule has 2 aliphatic heterocycles. The second kappa shape index (κ2) is 6.13. The van der Waals surface area contributed by atoms with Crippen LogP contribution in [0.3, 0.4) is 0 Å². The molecule has 2 heterocycles. The molecule has 2 rings (SSSR count). The molecule has 1 unspecified atom stereocenters. The average Bonchev–Trinajstić information content (AvgIpc) is 2.68. The van der Waals surface area contributed by atoms with Crippen LogP contribution in [0.15, 0.2) is 0 Å². The number of hydrogen-bond donors (Lipinski definition) is 0. The van der Waals surface area contributed by atoms with Gasteiger partial charge in [-0.05, 0) is 53.4 Å². The predicted molar refractivity (Wildman–Crippen MR) is 83.9 cm³/mol. The molecule has 0 N–H and O–H groups in total. The van der Waals surface area contributed by atoms with Crippen LogP contribution >= 0.6 is 0 Å². The molecule has 23 heavy (non-hydrogen) atoms. The maximum atomic E-state index is 12.5. The van der Waals surface area contributed by atoms with E-state index in [2.05, 4.69) is 0 Å². The van der Waals surface area contributed by atoms with Gasteiger partial charge in [-0.15, -0.1) is 0 Å². The predicted octanol–water partition coefficient (Wildman–Crippen LogP) is 2.69. The molecule has 130 valence electrons. The molecule has 3 atom stereocenters. The van der Waals surface area contributed by atoms with Crippen molar-refractivity contribution >= 4 is 17.8 Å². The van der Waals surface area contributed by atoms with Crippen molar-refractivity contribution in [1.29, 1.82) is 0 Å². The van der Waals surface area contributed by atoms with Crippen LogP contribution in [0.25, 0.3) is 0 Å². The third kappa shape index (κ3) is 3.67. The van der Waals surface area contributed by atoms with Gasteiger partial charge in [0.05, 0.1) is 12.5 Å². The van der Waals surface area contributed by atoms with Crippen LogP contribution in [-0.4, -0.2) is 47.5 Å². The molecule has 0 aromatic rings. The number of esters is 1. The summed E-state index contributed by atoms with van der Waals surface area (Å²) in [5.74, 6) is -0.367. The van der Waals surface area contributed by atoms with Crippen molar-refractivity contribution in [1.82, 2.24) is 4.90 Å². The van der Waals surface area contributed by atoms with Crippen molar-refractivity contribution in [3.05, 3.63) is 0 Å². The Morgan fingerprint density at radius 1 is 1.13 bits per heavy atom. The summed E-state index contributed by atoms with van der Waals surface area (Å²) in [6.07, 6.45) is 2.45. The van der Waals surface area contributed by atoms with Crippen LogP contribution in [0, 0.1) is 5.41 Å². The monoisotopic (exact) mass is 325 g/mol. The molecule has 0 radical (unpaired) electrons. The zero-order chi connectivity index (χ0) is 17.4. The summed E-state index contributed by atoms with van der Waals surface area (Å²) in [4.78, 5) is 38.2. The van der Waals surface area contributed by atoms with E-state index in [-0.39, 0.29) is 36.4 Å². The highest BCUT2D eigenvalue weighted by molar-refractivity contribution is 5.86. The summed E-state index contributed by atoms with van der Waals surface area (Å²) >= 11 is 0. The average molecular weight is 325 g/mol. The Kier molecular flexibility index (Phi) is 4.74. The van der Waals surface area contributed by atoms with Crippen molar-refractivity contribution in [2.24, 2.45) is 5.41 Å². The number of Topliss-reactive ketones (excluding diaryl/α,β-unsaturated/α-hetero) is 1. The van der Waals surface area contributed by atoms with E-state index < -0.39 is 11.0 Å². The lowest BCUT2D eigenvalue weighted by Crippen LogP contribution is -2.54. The third-order valence-corrected chi connectivity index (χ3v) is 4.68. The summed E-state index contributed by atoms with van der Waals surface area (Å²) in [5.41, 5.74) is -1.35. The Balaban J connectivity index is 2.21. The van der Waals surface area contributed by atoms with Gasteiger partial charge in [0, 0.05) is 18.5 Å². The lowest BCUT2D eigenvalue weighted by Gasteiger charge is -2.44. The quantitative estimate of drug-likeness (QED) is 0.746. The fraction of sp³-hybridized carbons (Fsp3) is 0.824. The Morgan fingerprint density at radius 3 is 2.04 bits per heavy atom. The van der Waals surface area contributed by atoms with E-state index in [1.165, 1.54) is 14.0 Å². The highest BCUT2D eigenvalue weighted by Gasteiger charge is 2.55. The van der Waals surface area contributed by atoms with Gasteiger partial charge in [-0.2, -0.15) is 0 Å². The molecule has 0 aliphatic carbocycles. The molecule has 2 fully saturated rings. The number of piperidine rings is 1. The minimum absolute atomic E-state index is 0.0273. The number of carbonyl (C=O) groups is 3. The number of fused-ring (bicyclic) bond motifs is 2. The van der Waals surface area contributed by atoms with Crippen LogP contribution in [-0.2, 0) is 19.1 Å². The minimum atomic E-state index is -0.801. The standard InChI is InChI=1S/C17H27NO5/c1-11(19)8-17(14(20)22-5)9-12-6-7-13(10-17)18(12)15(21)23-16(2,3)4/h12-13H,6-10H2,1-5H3/t12-,13+,17?. The molecule has 2 aliphatic rings. The van der Waals surface area contributed by atoms with Crippen LogP contribution < -0.4 is 0 Å². The number of hydrogen-bond acceptors (Lipinski definition) is 5. The first-order chi connectivity index (χ1) is 10.6. The molecule has 2 bridgehead atoms. The third-order valence-electron chi connectivity index (χ3n) is 4.68. The zero-order valence-electron chi connectivity index (χ0n) is 14.7. The first kappa shape index (κ1) is 17.8. The number of ketones is 1. The topological polar surface area (TPSA) is 72.9 Å². The van der Waals surface area contributed by atoms with Crippen molar-refractivity contribution in [3.63, 3.8) is 0 Å². The van der Waals surface area contributed by atoms with Crippen LogP contribution in [0.1, 0.15) is 59.8 Å². The van der Waals surface area contributed by atoms with Gasteiger partial charge in [-0.1, -0.05) is 0 Å². The highest BCUT2D eigenvalue weighted by atomic mass is 16.6. The number of nitrogens with zero attached hydrogens (tertiary/aromatic N) is 1. The summed E-state index contributed by atoms with van der Waals surface area (Å²) in [7, 11) is 1.35. The van der Waals surface area contributed by atoms with Gasteiger partial charge in [-0.25, -0.2) is 4.79 Å². The van der Waals surface area contributed by atoms with Gasteiger partial charge in [0.25, 0.3) is 0 Å². The van der Waals surface area contributed by atoms with Crippen molar-refractivity contribution in [2.45, 2.75) is 77.5 Å². The van der Waals surface area contributed by atoms with Crippen LogP contribution in [0.5, 0.6) is 0 Å². The van der Waals surface area contributed by atoms with Gasteiger partial charge < -0.3 is 14.4 Å². The Labute approximate surface area is 137 Å². The van der Waals surface area contributed by atoms with E-state index in [4.69, 9.17) is 9.47 Å². The lowest BCUT2D eigenvalue weighted by molar-refractivity contribution is -0.160. The molecule has 0 aromatic heterocycles. The smallest absolute Gasteiger partial charge is 0.410 e. The van der Waals surface area contributed by atoms with Gasteiger partial charge in [0.1, 0.15) is 11.4 Å². The van der Waals surface area contributed by atoms with E-state index in [9.17, 15) is 14.4 Å². The van der Waals surface area contributed by atoms with Crippen molar-refractivity contribution < 1.29 is 23.9 Å². The summed E-state index contributed by atoms with van der Waals surface area (Å²) in [6.45, 7) is 7.01. The number of amides is 1. The fourth-order valence-corrected chi connectivity index (χ4v) is 4.04. The molecule has 0 saturated carbocycles. The van der Waals surface area contributed by atoms with Gasteiger partial charge in [-0.3, -0.25) is 9.59 Å². The maximum absolute atomic E-state index is 12.5. The molecule has 1 amide bonds.